The summed E-state index contributed by atoms with van der Waals surface area (Å²) in [7, 11) is 0. The van der Waals surface area contributed by atoms with Crippen molar-refractivity contribution in [3.05, 3.63) is 70.1 Å². The Morgan fingerprint density at radius 3 is 1.86 bits per heavy atom. The third-order valence-corrected chi connectivity index (χ3v) is 4.77. The van der Waals surface area contributed by atoms with Crippen molar-refractivity contribution in [2.45, 2.75) is 52.4 Å². The molecule has 0 heterocycles. The van der Waals surface area contributed by atoms with E-state index in [0.717, 1.165) is 38.0 Å². The van der Waals surface area contributed by atoms with E-state index in [9.17, 15) is 0 Å². The van der Waals surface area contributed by atoms with Crippen molar-refractivity contribution in [2.24, 2.45) is 0 Å². The summed E-state index contributed by atoms with van der Waals surface area (Å²) in [5.74, 6) is 1.14. The average Bonchev–Trinajstić information content (AvgIpc) is 2.56. The molecule has 0 bridgehead atoms. The fourth-order valence-corrected chi connectivity index (χ4v) is 3.11. The van der Waals surface area contributed by atoms with E-state index in [4.69, 9.17) is 4.74 Å². The molecule has 0 aliphatic heterocycles. The quantitative estimate of drug-likeness (QED) is 0.623. The van der Waals surface area contributed by atoms with Gasteiger partial charge in [0.1, 0.15) is 6.61 Å². The zero-order valence-corrected chi connectivity index (χ0v) is 13.8. The predicted molar refractivity (Wildman–Crippen MR) is 93.5 cm³/mol. The van der Waals surface area contributed by atoms with Gasteiger partial charge in [0.05, 0.1) is 5.76 Å². The van der Waals surface area contributed by atoms with E-state index in [1.165, 1.54) is 40.7 Å². The molecule has 1 heteroatoms. The van der Waals surface area contributed by atoms with Crippen LogP contribution in [0.15, 0.2) is 70.1 Å². The van der Waals surface area contributed by atoms with Gasteiger partial charge in [0.15, 0.2) is 0 Å². The molecule has 0 saturated carbocycles. The van der Waals surface area contributed by atoms with E-state index in [1.54, 1.807) is 0 Å². The number of ether oxygens (including phenoxy) is 1. The van der Waals surface area contributed by atoms with Gasteiger partial charge in [-0.1, -0.05) is 41.5 Å². The maximum absolute atomic E-state index is 5.96. The molecular weight excluding hydrogens is 268 g/mol. The number of hydrogen-bond donors (Lipinski definition) is 0. The molecule has 0 amide bonds. The first-order chi connectivity index (χ1) is 10.7. The third-order valence-electron chi connectivity index (χ3n) is 4.77. The van der Waals surface area contributed by atoms with Gasteiger partial charge in [-0.15, -0.1) is 0 Å². The van der Waals surface area contributed by atoms with E-state index in [1.807, 2.05) is 0 Å². The molecule has 3 rings (SSSR count). The normalized spacial score (nSPS) is 21.9. The molecule has 0 radical (unpaired) electrons. The lowest BCUT2D eigenvalue weighted by atomic mass is 9.88. The maximum atomic E-state index is 5.96. The molecule has 1 nitrogen and oxygen atoms in total. The van der Waals surface area contributed by atoms with Crippen LogP contribution in [0.3, 0.4) is 0 Å². The van der Waals surface area contributed by atoms with E-state index in [0.29, 0.717) is 0 Å². The minimum Gasteiger partial charge on any atom is -0.494 e. The topological polar surface area (TPSA) is 9.23 Å². The second-order valence-electron chi connectivity index (χ2n) is 6.66. The molecule has 0 unspecified atom stereocenters. The average molecular weight is 294 g/mol. The van der Waals surface area contributed by atoms with Crippen LogP contribution in [0.2, 0.25) is 0 Å². The highest BCUT2D eigenvalue weighted by Gasteiger charge is 2.13. The highest BCUT2D eigenvalue weighted by molar-refractivity contribution is 5.42. The summed E-state index contributed by atoms with van der Waals surface area (Å²) in [5.41, 5.74) is 7.40. The van der Waals surface area contributed by atoms with Crippen LogP contribution in [0.4, 0.5) is 0 Å². The molecule has 0 spiro atoms. The highest BCUT2D eigenvalue weighted by Crippen LogP contribution is 2.30. The molecule has 0 atom stereocenters. The Hall–Kier alpha value is -1.76. The zero-order valence-electron chi connectivity index (χ0n) is 13.8. The fourth-order valence-electron chi connectivity index (χ4n) is 3.11. The molecule has 0 aromatic rings. The summed E-state index contributed by atoms with van der Waals surface area (Å²) in [6.07, 6.45) is 20.4. The monoisotopic (exact) mass is 294 g/mol. The van der Waals surface area contributed by atoms with E-state index in [2.05, 4.69) is 50.3 Å². The van der Waals surface area contributed by atoms with Gasteiger partial charge in [-0.05, 0) is 68.7 Å². The van der Waals surface area contributed by atoms with Gasteiger partial charge in [-0.25, -0.2) is 0 Å². The summed E-state index contributed by atoms with van der Waals surface area (Å²) >= 11 is 0. The standard InChI is InChI=1S/C21H26O/c1-16-3-9-19(10-4-16)20-11-7-18(8-12-20)15-22-21-13-5-17(2)6-14-21/h3,5,7,9,11,13H,4,6,8,10,12,14-15H2,1-2H3. The lowest BCUT2D eigenvalue weighted by molar-refractivity contribution is 0.224. The smallest absolute Gasteiger partial charge is 0.109 e. The van der Waals surface area contributed by atoms with Crippen molar-refractivity contribution in [3.8, 4) is 0 Å². The Morgan fingerprint density at radius 1 is 0.682 bits per heavy atom. The summed E-state index contributed by atoms with van der Waals surface area (Å²) in [6.45, 7) is 5.15. The van der Waals surface area contributed by atoms with Crippen LogP contribution in [0.5, 0.6) is 0 Å². The molecule has 3 aliphatic carbocycles. The third kappa shape index (κ3) is 3.91. The molecular formula is C21H26O. The van der Waals surface area contributed by atoms with Crippen molar-refractivity contribution in [1.82, 2.24) is 0 Å². The van der Waals surface area contributed by atoms with Crippen LogP contribution in [-0.4, -0.2) is 6.61 Å². The first kappa shape index (κ1) is 15.1. The Kier molecular flexibility index (Phi) is 4.82. The first-order valence-corrected chi connectivity index (χ1v) is 8.45. The van der Waals surface area contributed by atoms with Crippen LogP contribution in [0.25, 0.3) is 0 Å². The molecule has 116 valence electrons. The molecule has 0 N–H and O–H groups in total. The summed E-state index contributed by atoms with van der Waals surface area (Å²) in [4.78, 5) is 0. The minimum atomic E-state index is 0.751. The predicted octanol–water partition coefficient (Wildman–Crippen LogP) is 5.94. The van der Waals surface area contributed by atoms with Gasteiger partial charge in [-0.2, -0.15) is 0 Å². The van der Waals surface area contributed by atoms with Gasteiger partial charge >= 0.3 is 0 Å². The Bertz CT molecular complexity index is 620. The van der Waals surface area contributed by atoms with Crippen LogP contribution >= 0.6 is 0 Å². The Balaban J connectivity index is 1.57. The minimum absolute atomic E-state index is 0.751. The van der Waals surface area contributed by atoms with Gasteiger partial charge in [0.2, 0.25) is 0 Å². The van der Waals surface area contributed by atoms with E-state index < -0.39 is 0 Å². The molecule has 0 aromatic heterocycles. The van der Waals surface area contributed by atoms with Gasteiger partial charge in [-0.3, -0.25) is 0 Å². The van der Waals surface area contributed by atoms with Crippen LogP contribution in [0.1, 0.15) is 52.4 Å². The number of allylic oxidation sites excluding steroid dienone is 11. The lowest BCUT2D eigenvalue weighted by Crippen LogP contribution is -2.05. The number of hydrogen-bond acceptors (Lipinski definition) is 1. The van der Waals surface area contributed by atoms with Gasteiger partial charge in [0, 0.05) is 6.42 Å². The second-order valence-corrected chi connectivity index (χ2v) is 6.66. The van der Waals surface area contributed by atoms with Crippen molar-refractivity contribution >= 4 is 0 Å². The second kappa shape index (κ2) is 7.00. The molecule has 22 heavy (non-hydrogen) atoms. The molecule has 0 fully saturated rings. The SMILES string of the molecule is CC1=CC=C(OCC2=CC=C(C3=CC=C(C)CC3)CC2)CC1. The Morgan fingerprint density at radius 2 is 1.32 bits per heavy atom. The fraction of sp³-hybridized carbons (Fsp3) is 0.429. The van der Waals surface area contributed by atoms with Crippen LogP contribution in [-0.2, 0) is 4.74 Å². The largest absolute Gasteiger partial charge is 0.494 e. The number of rotatable bonds is 4. The van der Waals surface area contributed by atoms with Crippen molar-refractivity contribution < 1.29 is 4.74 Å². The zero-order chi connectivity index (χ0) is 15.4. The summed E-state index contributed by atoms with van der Waals surface area (Å²) < 4.78 is 5.96. The van der Waals surface area contributed by atoms with Crippen molar-refractivity contribution in [1.29, 1.82) is 0 Å². The van der Waals surface area contributed by atoms with Gasteiger partial charge < -0.3 is 4.74 Å². The van der Waals surface area contributed by atoms with Gasteiger partial charge in [0.25, 0.3) is 0 Å². The molecule has 0 aromatic carbocycles. The van der Waals surface area contributed by atoms with Crippen LogP contribution in [0, 0.1) is 0 Å². The van der Waals surface area contributed by atoms with Crippen LogP contribution < -0.4 is 0 Å². The lowest BCUT2D eigenvalue weighted by Gasteiger charge is -2.20. The van der Waals surface area contributed by atoms with Crippen molar-refractivity contribution in [2.75, 3.05) is 6.61 Å². The van der Waals surface area contributed by atoms with E-state index >= 15 is 0 Å². The summed E-state index contributed by atoms with van der Waals surface area (Å²) in [5, 5.41) is 0. The molecule has 3 aliphatic rings. The first-order valence-electron chi connectivity index (χ1n) is 8.45. The highest BCUT2D eigenvalue weighted by atomic mass is 16.5. The summed E-state index contributed by atoms with van der Waals surface area (Å²) in [6, 6.07) is 0. The van der Waals surface area contributed by atoms with E-state index in [-0.39, 0.29) is 0 Å². The maximum Gasteiger partial charge on any atom is 0.109 e. The van der Waals surface area contributed by atoms with Crippen molar-refractivity contribution in [3.63, 3.8) is 0 Å². The molecule has 0 saturated heterocycles. The Labute approximate surface area is 134 Å².